The van der Waals surface area contributed by atoms with E-state index < -0.39 is 0 Å². The molecular weight excluding hydrogens is 134 g/mol. The Hall–Kier alpha value is -0.700. The second-order valence-corrected chi connectivity index (χ2v) is 2.90. The minimum absolute atomic E-state index is 0.210. The van der Waals surface area contributed by atoms with Gasteiger partial charge in [0.1, 0.15) is 0 Å². The van der Waals surface area contributed by atoms with Crippen molar-refractivity contribution in [3.05, 3.63) is 23.3 Å². The molecule has 0 unspecified atom stereocenters. The maximum Gasteiger partial charge on any atom is 0.178 e. The standard InChI is InChI=1S/C6H5NOS/c8-6-3-5-1-2-9-7(5)4-6/h1-3H,4H2. The van der Waals surface area contributed by atoms with Gasteiger partial charge in [0, 0.05) is 6.08 Å². The molecule has 0 aliphatic carbocycles. The fourth-order valence-corrected chi connectivity index (χ4v) is 1.70. The van der Waals surface area contributed by atoms with Crippen LogP contribution in [0.3, 0.4) is 0 Å². The largest absolute Gasteiger partial charge is 0.305 e. The van der Waals surface area contributed by atoms with Gasteiger partial charge in [-0.2, -0.15) is 0 Å². The molecule has 0 saturated carbocycles. The van der Waals surface area contributed by atoms with Crippen LogP contribution in [0, 0.1) is 0 Å². The summed E-state index contributed by atoms with van der Waals surface area (Å²) < 4.78 is 1.97. The van der Waals surface area contributed by atoms with Crippen molar-refractivity contribution in [2.45, 2.75) is 0 Å². The summed E-state index contributed by atoms with van der Waals surface area (Å²) in [6, 6.07) is 0. The van der Waals surface area contributed by atoms with Crippen molar-refractivity contribution in [3.63, 3.8) is 0 Å². The number of ketones is 1. The molecule has 2 heterocycles. The minimum atomic E-state index is 0.210. The van der Waals surface area contributed by atoms with E-state index in [-0.39, 0.29) is 5.78 Å². The van der Waals surface area contributed by atoms with Crippen molar-refractivity contribution in [1.82, 2.24) is 4.31 Å². The van der Waals surface area contributed by atoms with Gasteiger partial charge in [-0.05, 0) is 23.4 Å². The van der Waals surface area contributed by atoms with E-state index in [2.05, 4.69) is 0 Å². The molecule has 0 fully saturated rings. The third-order valence-electron chi connectivity index (χ3n) is 1.32. The highest BCUT2D eigenvalue weighted by molar-refractivity contribution is 8.00. The monoisotopic (exact) mass is 139 g/mol. The van der Waals surface area contributed by atoms with Crippen molar-refractivity contribution in [1.29, 1.82) is 0 Å². The summed E-state index contributed by atoms with van der Waals surface area (Å²) in [5.74, 6) is 0.210. The molecule has 0 saturated heterocycles. The molecule has 2 aliphatic rings. The summed E-state index contributed by atoms with van der Waals surface area (Å²) in [4.78, 5) is 10.7. The number of rotatable bonds is 0. The molecule has 0 N–H and O–H groups in total. The molecule has 2 rings (SSSR count). The van der Waals surface area contributed by atoms with Crippen LogP contribution in [0.25, 0.3) is 0 Å². The van der Waals surface area contributed by atoms with Crippen molar-refractivity contribution < 1.29 is 4.79 Å². The first-order chi connectivity index (χ1) is 4.36. The van der Waals surface area contributed by atoms with Gasteiger partial charge in [0.05, 0.1) is 12.2 Å². The Bertz CT molecular complexity index is 219. The molecule has 9 heavy (non-hydrogen) atoms. The molecule has 0 amide bonds. The van der Waals surface area contributed by atoms with Gasteiger partial charge >= 0.3 is 0 Å². The zero-order valence-corrected chi connectivity index (χ0v) is 5.52. The normalized spacial score (nSPS) is 22.9. The molecule has 3 heteroatoms. The summed E-state index contributed by atoms with van der Waals surface area (Å²) in [5.41, 5.74) is 1.05. The van der Waals surface area contributed by atoms with Gasteiger partial charge in [0.15, 0.2) is 5.78 Å². The smallest absolute Gasteiger partial charge is 0.178 e. The predicted octanol–water partition coefficient (Wildman–Crippen LogP) is 0.930. The summed E-state index contributed by atoms with van der Waals surface area (Å²) in [7, 11) is 0. The average Bonchev–Trinajstić information content (AvgIpc) is 2.22. The van der Waals surface area contributed by atoms with E-state index in [1.54, 1.807) is 18.0 Å². The van der Waals surface area contributed by atoms with E-state index in [1.807, 2.05) is 15.8 Å². The maximum absolute atomic E-state index is 10.7. The van der Waals surface area contributed by atoms with E-state index in [0.29, 0.717) is 6.54 Å². The molecular formula is C6H5NOS. The van der Waals surface area contributed by atoms with E-state index in [1.165, 1.54) is 0 Å². The highest BCUT2D eigenvalue weighted by Crippen LogP contribution is 2.30. The van der Waals surface area contributed by atoms with Crippen LogP contribution in [0.5, 0.6) is 0 Å². The van der Waals surface area contributed by atoms with Gasteiger partial charge in [-0.3, -0.25) is 4.79 Å². The molecule has 0 aromatic rings. The second kappa shape index (κ2) is 1.64. The van der Waals surface area contributed by atoms with Crippen LogP contribution in [0.4, 0.5) is 0 Å². The molecule has 2 nitrogen and oxygen atoms in total. The van der Waals surface area contributed by atoms with Crippen LogP contribution in [-0.4, -0.2) is 16.6 Å². The first kappa shape index (κ1) is 5.11. The fourth-order valence-electron chi connectivity index (χ4n) is 0.918. The predicted molar refractivity (Wildman–Crippen MR) is 36.5 cm³/mol. The average molecular weight is 139 g/mol. The van der Waals surface area contributed by atoms with E-state index in [0.717, 1.165) is 5.70 Å². The second-order valence-electron chi connectivity index (χ2n) is 1.98. The summed E-state index contributed by atoms with van der Waals surface area (Å²) >= 11 is 1.58. The Morgan fingerprint density at radius 2 is 2.56 bits per heavy atom. The molecule has 2 aliphatic heterocycles. The highest BCUT2D eigenvalue weighted by atomic mass is 32.2. The third-order valence-corrected chi connectivity index (χ3v) is 2.18. The lowest BCUT2D eigenvalue weighted by atomic mass is 10.4. The Kier molecular flexibility index (Phi) is 0.931. The van der Waals surface area contributed by atoms with E-state index in [4.69, 9.17) is 0 Å². The molecule has 0 aromatic carbocycles. The molecule has 46 valence electrons. The Morgan fingerprint density at radius 3 is 3.33 bits per heavy atom. The quantitative estimate of drug-likeness (QED) is 0.466. The number of allylic oxidation sites excluding steroid dienone is 1. The molecule has 0 radical (unpaired) electrons. The van der Waals surface area contributed by atoms with Crippen LogP contribution >= 0.6 is 11.9 Å². The first-order valence-electron chi connectivity index (χ1n) is 2.72. The van der Waals surface area contributed by atoms with Crippen molar-refractivity contribution in [2.24, 2.45) is 0 Å². The highest BCUT2D eigenvalue weighted by Gasteiger charge is 2.21. The third kappa shape index (κ3) is 0.685. The number of nitrogens with zero attached hydrogens (tertiary/aromatic N) is 1. The molecule has 0 bridgehead atoms. The lowest BCUT2D eigenvalue weighted by molar-refractivity contribution is -0.113. The maximum atomic E-state index is 10.7. The summed E-state index contributed by atoms with van der Waals surface area (Å²) in [5, 5.41) is 1.98. The SMILES string of the molecule is O=C1C=C2C=CSN2C1. The summed E-state index contributed by atoms with van der Waals surface area (Å²) in [6.45, 7) is 0.549. The Morgan fingerprint density at radius 1 is 1.67 bits per heavy atom. The lowest BCUT2D eigenvalue weighted by Gasteiger charge is -2.07. The van der Waals surface area contributed by atoms with Gasteiger partial charge in [-0.15, -0.1) is 0 Å². The van der Waals surface area contributed by atoms with Gasteiger partial charge in [0.25, 0.3) is 0 Å². The number of fused-ring (bicyclic) bond motifs is 1. The van der Waals surface area contributed by atoms with Gasteiger partial charge < -0.3 is 4.31 Å². The van der Waals surface area contributed by atoms with Crippen LogP contribution in [0.1, 0.15) is 0 Å². The molecule has 0 aromatic heterocycles. The van der Waals surface area contributed by atoms with Gasteiger partial charge in [-0.1, -0.05) is 0 Å². The van der Waals surface area contributed by atoms with E-state index >= 15 is 0 Å². The van der Waals surface area contributed by atoms with Gasteiger partial charge in [0.2, 0.25) is 0 Å². The topological polar surface area (TPSA) is 20.3 Å². The van der Waals surface area contributed by atoms with Crippen LogP contribution in [-0.2, 0) is 4.79 Å². The first-order valence-corrected chi connectivity index (χ1v) is 3.55. The number of carbonyl (C=O) groups is 1. The number of carbonyl (C=O) groups excluding carboxylic acids is 1. The van der Waals surface area contributed by atoms with Crippen LogP contribution < -0.4 is 0 Å². The van der Waals surface area contributed by atoms with Crippen molar-refractivity contribution >= 4 is 17.7 Å². The van der Waals surface area contributed by atoms with Crippen LogP contribution in [0.2, 0.25) is 0 Å². The molecule has 0 spiro atoms. The zero-order valence-electron chi connectivity index (χ0n) is 4.70. The Balaban J connectivity index is 2.36. The van der Waals surface area contributed by atoms with E-state index in [9.17, 15) is 4.79 Å². The van der Waals surface area contributed by atoms with Gasteiger partial charge in [-0.25, -0.2) is 0 Å². The number of hydrogen-bond donors (Lipinski definition) is 0. The summed E-state index contributed by atoms with van der Waals surface area (Å²) in [6.07, 6.45) is 3.63. The Labute approximate surface area is 57.4 Å². The van der Waals surface area contributed by atoms with Crippen LogP contribution in [0.15, 0.2) is 23.3 Å². The molecule has 0 atom stereocenters. The fraction of sp³-hybridized carbons (Fsp3) is 0.167. The van der Waals surface area contributed by atoms with Crippen molar-refractivity contribution in [3.8, 4) is 0 Å². The minimum Gasteiger partial charge on any atom is -0.305 e. The zero-order chi connectivity index (χ0) is 6.27. The number of hydrogen-bond acceptors (Lipinski definition) is 3. The lowest BCUT2D eigenvalue weighted by Crippen LogP contribution is -2.09. The van der Waals surface area contributed by atoms with Crippen molar-refractivity contribution in [2.75, 3.05) is 6.54 Å².